The van der Waals surface area contributed by atoms with Crippen molar-refractivity contribution in [2.45, 2.75) is 25.4 Å². The number of nitrogens with zero attached hydrogens (tertiary/aromatic N) is 1. The predicted molar refractivity (Wildman–Crippen MR) is 87.7 cm³/mol. The minimum absolute atomic E-state index is 0.120. The van der Waals surface area contributed by atoms with Crippen molar-refractivity contribution in [2.75, 3.05) is 13.1 Å². The summed E-state index contributed by atoms with van der Waals surface area (Å²) in [5.41, 5.74) is -0.127. The molecule has 0 radical (unpaired) electrons. The van der Waals surface area contributed by atoms with Crippen molar-refractivity contribution in [3.05, 3.63) is 67.7 Å². The monoisotopic (exact) mass is 329 g/mol. The highest BCUT2D eigenvalue weighted by Gasteiger charge is 2.40. The van der Waals surface area contributed by atoms with Crippen molar-refractivity contribution in [3.63, 3.8) is 0 Å². The van der Waals surface area contributed by atoms with E-state index < -0.39 is 16.7 Å². The Morgan fingerprint density at radius 1 is 1.29 bits per heavy atom. The van der Waals surface area contributed by atoms with Crippen LogP contribution in [0.2, 0.25) is 0 Å². The summed E-state index contributed by atoms with van der Waals surface area (Å²) in [5.74, 6) is -0.282. The molecule has 1 atom stereocenters. The average molecular weight is 329 g/mol. The molecule has 1 aliphatic heterocycles. The minimum Gasteiger partial charge on any atom is -0.383 e. The fraction of sp³-hybridized carbons (Fsp3) is 0.353. The number of β-amino-alcohol motifs (C(OH)–C–C–N with tert-alkyl or cyclic N) is 1. The van der Waals surface area contributed by atoms with E-state index >= 15 is 0 Å². The molecule has 0 aliphatic carbocycles. The molecule has 0 bridgehead atoms. The molecule has 126 valence electrons. The van der Waals surface area contributed by atoms with E-state index in [1.54, 1.807) is 0 Å². The van der Waals surface area contributed by atoms with Gasteiger partial charge in [0, 0.05) is 18.2 Å². The van der Waals surface area contributed by atoms with Crippen molar-refractivity contribution in [1.82, 2.24) is 15.1 Å². The fourth-order valence-corrected chi connectivity index (χ4v) is 3.19. The second kappa shape index (κ2) is 6.09. The van der Waals surface area contributed by atoms with Crippen LogP contribution in [0.15, 0.2) is 39.9 Å². The number of aliphatic hydroxyl groups is 1. The first-order valence-electron chi connectivity index (χ1n) is 7.76. The van der Waals surface area contributed by atoms with Gasteiger partial charge in [-0.2, -0.15) is 0 Å². The van der Waals surface area contributed by atoms with Crippen molar-refractivity contribution < 1.29 is 9.90 Å². The number of H-pyrrole nitrogens is 2. The first-order chi connectivity index (χ1) is 11.4. The molecular formula is C17H19N3O4. The zero-order chi connectivity index (χ0) is 17.3. The molecule has 24 heavy (non-hydrogen) atoms. The summed E-state index contributed by atoms with van der Waals surface area (Å²) in [4.78, 5) is 36.9. The fourth-order valence-electron chi connectivity index (χ4n) is 3.19. The quantitative estimate of drug-likeness (QED) is 0.739. The van der Waals surface area contributed by atoms with E-state index in [-0.39, 0.29) is 24.4 Å². The van der Waals surface area contributed by atoms with Crippen LogP contribution in [-0.4, -0.2) is 39.2 Å². The standard InChI is InChI=1S/C17H19N3O4/c1-11-4-2-3-5-13(11)17(24)6-7-20(10-17)15(22)9-12-8-14(21)18-19-16(12)23/h2-5,8,24H,6-7,9-10H2,1H3,(H,18,21)(H,19,23). The molecule has 1 aliphatic rings. The molecule has 2 aromatic rings. The van der Waals surface area contributed by atoms with E-state index in [0.717, 1.165) is 17.2 Å². The highest BCUT2D eigenvalue weighted by Crippen LogP contribution is 2.33. The Hall–Kier alpha value is -2.67. The molecule has 1 aromatic heterocycles. The molecule has 7 nitrogen and oxygen atoms in total. The van der Waals surface area contributed by atoms with Gasteiger partial charge in [-0.25, -0.2) is 0 Å². The molecule has 2 heterocycles. The summed E-state index contributed by atoms with van der Waals surface area (Å²) < 4.78 is 0. The second-order valence-corrected chi connectivity index (χ2v) is 6.20. The van der Waals surface area contributed by atoms with Crippen LogP contribution >= 0.6 is 0 Å². The number of aromatic amines is 2. The van der Waals surface area contributed by atoms with E-state index in [9.17, 15) is 19.5 Å². The lowest BCUT2D eigenvalue weighted by molar-refractivity contribution is -0.130. The van der Waals surface area contributed by atoms with Crippen LogP contribution in [0.4, 0.5) is 0 Å². The highest BCUT2D eigenvalue weighted by atomic mass is 16.3. The lowest BCUT2D eigenvalue weighted by Crippen LogP contribution is -2.36. The molecule has 3 rings (SSSR count). The van der Waals surface area contributed by atoms with Crippen LogP contribution in [0.5, 0.6) is 0 Å². The van der Waals surface area contributed by atoms with Crippen LogP contribution in [0.1, 0.15) is 23.1 Å². The lowest BCUT2D eigenvalue weighted by atomic mass is 9.89. The van der Waals surface area contributed by atoms with Gasteiger partial charge >= 0.3 is 0 Å². The first kappa shape index (κ1) is 16.2. The Morgan fingerprint density at radius 2 is 2.04 bits per heavy atom. The largest absolute Gasteiger partial charge is 0.383 e. The van der Waals surface area contributed by atoms with Crippen LogP contribution < -0.4 is 11.1 Å². The minimum atomic E-state index is -1.08. The van der Waals surface area contributed by atoms with Crippen LogP contribution in [-0.2, 0) is 16.8 Å². The number of carbonyl (C=O) groups is 1. The maximum Gasteiger partial charge on any atom is 0.266 e. The van der Waals surface area contributed by atoms with E-state index in [1.165, 1.54) is 4.90 Å². The van der Waals surface area contributed by atoms with Gasteiger partial charge in [0.1, 0.15) is 5.60 Å². The number of benzene rings is 1. The topological polar surface area (TPSA) is 106 Å². The summed E-state index contributed by atoms with van der Waals surface area (Å²) in [6.07, 6.45) is 0.276. The molecular weight excluding hydrogens is 310 g/mol. The second-order valence-electron chi connectivity index (χ2n) is 6.20. The Morgan fingerprint density at radius 3 is 2.79 bits per heavy atom. The number of likely N-dealkylation sites (tertiary alicyclic amines) is 1. The number of aryl methyl sites for hydroxylation is 1. The van der Waals surface area contributed by atoms with Gasteiger partial charge < -0.3 is 10.0 Å². The van der Waals surface area contributed by atoms with Crippen molar-refractivity contribution in [1.29, 1.82) is 0 Å². The maximum atomic E-state index is 12.4. The van der Waals surface area contributed by atoms with Gasteiger partial charge in [0.15, 0.2) is 0 Å². The lowest BCUT2D eigenvalue weighted by Gasteiger charge is -2.25. The molecule has 7 heteroatoms. The highest BCUT2D eigenvalue weighted by molar-refractivity contribution is 5.79. The molecule has 1 amide bonds. The van der Waals surface area contributed by atoms with Crippen LogP contribution in [0.25, 0.3) is 0 Å². The van der Waals surface area contributed by atoms with E-state index in [0.29, 0.717) is 13.0 Å². The number of hydrogen-bond donors (Lipinski definition) is 3. The third-order valence-corrected chi connectivity index (χ3v) is 4.48. The summed E-state index contributed by atoms with van der Waals surface area (Å²) in [6, 6.07) is 8.68. The number of nitrogens with one attached hydrogen (secondary N) is 2. The van der Waals surface area contributed by atoms with Crippen LogP contribution in [0, 0.1) is 6.92 Å². The maximum absolute atomic E-state index is 12.4. The molecule has 1 aromatic carbocycles. The number of amides is 1. The normalized spacial score (nSPS) is 20.3. The van der Waals surface area contributed by atoms with Gasteiger partial charge in [0.25, 0.3) is 11.1 Å². The van der Waals surface area contributed by atoms with Crippen molar-refractivity contribution in [3.8, 4) is 0 Å². The van der Waals surface area contributed by atoms with Gasteiger partial charge in [-0.15, -0.1) is 0 Å². The molecule has 1 fully saturated rings. The van der Waals surface area contributed by atoms with E-state index in [2.05, 4.69) is 10.2 Å². The number of aromatic nitrogens is 2. The number of hydrogen-bond acceptors (Lipinski definition) is 4. The van der Waals surface area contributed by atoms with Crippen molar-refractivity contribution in [2.24, 2.45) is 0 Å². The van der Waals surface area contributed by atoms with E-state index in [1.807, 2.05) is 31.2 Å². The zero-order valence-electron chi connectivity index (χ0n) is 13.3. The smallest absolute Gasteiger partial charge is 0.266 e. The van der Waals surface area contributed by atoms with Gasteiger partial charge in [-0.1, -0.05) is 24.3 Å². The Labute approximate surface area is 137 Å². The van der Waals surface area contributed by atoms with Gasteiger partial charge in [-0.05, 0) is 24.5 Å². The molecule has 3 N–H and O–H groups in total. The molecule has 0 spiro atoms. The molecule has 0 saturated carbocycles. The van der Waals surface area contributed by atoms with Crippen molar-refractivity contribution >= 4 is 5.91 Å². The van der Waals surface area contributed by atoms with Gasteiger partial charge in [0.05, 0.1) is 13.0 Å². The SMILES string of the molecule is Cc1ccccc1C1(O)CCN(C(=O)Cc2cc(=O)[nH][nH]c2=O)C1. The summed E-state index contributed by atoms with van der Waals surface area (Å²) in [5, 5.41) is 15.3. The Bertz CT molecular complexity index is 886. The Balaban J connectivity index is 1.77. The molecule has 1 saturated heterocycles. The van der Waals surface area contributed by atoms with E-state index in [4.69, 9.17) is 0 Å². The summed E-state index contributed by atoms with van der Waals surface area (Å²) >= 11 is 0. The number of carbonyl (C=O) groups excluding carboxylic acids is 1. The third-order valence-electron chi connectivity index (χ3n) is 4.48. The zero-order valence-corrected chi connectivity index (χ0v) is 13.3. The number of rotatable bonds is 3. The summed E-state index contributed by atoms with van der Waals surface area (Å²) in [6.45, 7) is 2.51. The average Bonchev–Trinajstić information content (AvgIpc) is 2.95. The van der Waals surface area contributed by atoms with Crippen LogP contribution in [0.3, 0.4) is 0 Å². The van der Waals surface area contributed by atoms with Gasteiger partial charge in [-0.3, -0.25) is 24.6 Å². The van der Waals surface area contributed by atoms with Gasteiger partial charge in [0.2, 0.25) is 5.91 Å². The first-order valence-corrected chi connectivity index (χ1v) is 7.76. The summed E-state index contributed by atoms with van der Waals surface area (Å²) in [7, 11) is 0. The predicted octanol–water partition coefficient (Wildman–Crippen LogP) is 0.0342. The Kier molecular flexibility index (Phi) is 4.11. The third kappa shape index (κ3) is 3.03. The molecule has 1 unspecified atom stereocenters.